The lowest BCUT2D eigenvalue weighted by molar-refractivity contribution is -0.142. The highest BCUT2D eigenvalue weighted by Gasteiger charge is 2.29. The van der Waals surface area contributed by atoms with E-state index in [9.17, 15) is 29.1 Å². The van der Waals surface area contributed by atoms with Gasteiger partial charge in [0.2, 0.25) is 23.6 Å². The van der Waals surface area contributed by atoms with Crippen LogP contribution in [0.1, 0.15) is 39.5 Å². The molecule has 3 atom stereocenters. The molecule has 0 aliphatic rings. The van der Waals surface area contributed by atoms with E-state index in [0.29, 0.717) is 12.2 Å². The highest BCUT2D eigenvalue weighted by atomic mass is 32.2. The zero-order valence-corrected chi connectivity index (χ0v) is 18.4. The Kier molecular flexibility index (Phi) is 13.5. The lowest BCUT2D eigenvalue weighted by Crippen LogP contribution is -2.56. The van der Waals surface area contributed by atoms with Crippen molar-refractivity contribution in [2.75, 3.05) is 18.6 Å². The second-order valence-electron chi connectivity index (χ2n) is 7.20. The highest BCUT2D eigenvalue weighted by molar-refractivity contribution is 7.98. The van der Waals surface area contributed by atoms with Crippen LogP contribution in [0.25, 0.3) is 0 Å². The quantitative estimate of drug-likeness (QED) is 0.175. The third-order valence-corrected chi connectivity index (χ3v) is 4.73. The van der Waals surface area contributed by atoms with E-state index in [4.69, 9.17) is 11.5 Å². The Morgan fingerprint density at radius 1 is 0.933 bits per heavy atom. The van der Waals surface area contributed by atoms with Crippen LogP contribution in [-0.4, -0.2) is 71.4 Å². The Bertz CT molecular complexity index is 616. The maximum atomic E-state index is 12.7. The molecule has 11 nitrogen and oxygen atoms in total. The first kappa shape index (κ1) is 27.7. The van der Waals surface area contributed by atoms with Crippen LogP contribution in [0.2, 0.25) is 0 Å². The second-order valence-corrected chi connectivity index (χ2v) is 8.19. The summed E-state index contributed by atoms with van der Waals surface area (Å²) in [6, 6.07) is -3.21. The number of carbonyl (C=O) groups is 5. The van der Waals surface area contributed by atoms with Crippen LogP contribution < -0.4 is 27.4 Å². The fourth-order valence-electron chi connectivity index (χ4n) is 2.55. The van der Waals surface area contributed by atoms with Gasteiger partial charge in [0.15, 0.2) is 0 Å². The van der Waals surface area contributed by atoms with Crippen molar-refractivity contribution >= 4 is 41.4 Å². The van der Waals surface area contributed by atoms with Crippen LogP contribution in [0.4, 0.5) is 0 Å². The van der Waals surface area contributed by atoms with Gasteiger partial charge in [-0.1, -0.05) is 13.8 Å². The molecule has 0 saturated heterocycles. The number of hydrogen-bond acceptors (Lipinski definition) is 7. The molecule has 0 spiro atoms. The Hall–Kier alpha value is -2.34. The molecule has 0 aromatic heterocycles. The van der Waals surface area contributed by atoms with Crippen LogP contribution in [0.5, 0.6) is 0 Å². The van der Waals surface area contributed by atoms with Gasteiger partial charge < -0.3 is 32.5 Å². The van der Waals surface area contributed by atoms with Crippen molar-refractivity contribution in [3.63, 3.8) is 0 Å². The summed E-state index contributed by atoms with van der Waals surface area (Å²) in [4.78, 5) is 59.3. The standard InChI is InChI=1S/C18H33N5O6S/c1-10(2)8-13(21-15(25)9-19)17(27)22-11(6-7-30-3)16(26)23-12(18(28)29)4-5-14(20)24/h10-13H,4-9,19H2,1-3H3,(H2,20,24)(H,21,25)(H,22,27)(H,23,26)(H,28,29). The molecule has 0 saturated carbocycles. The van der Waals surface area contributed by atoms with Crippen molar-refractivity contribution in [1.82, 2.24) is 16.0 Å². The third-order valence-electron chi connectivity index (χ3n) is 4.08. The Balaban J connectivity index is 5.30. The molecule has 0 aliphatic carbocycles. The molecule has 0 bridgehead atoms. The molecule has 12 heteroatoms. The van der Waals surface area contributed by atoms with Crippen LogP contribution in [0.3, 0.4) is 0 Å². The fraction of sp³-hybridized carbons (Fsp3) is 0.722. The molecule has 172 valence electrons. The number of carboxylic acids is 1. The number of rotatable bonds is 15. The van der Waals surface area contributed by atoms with E-state index in [1.807, 2.05) is 20.1 Å². The number of hydrogen-bond donors (Lipinski definition) is 6. The minimum absolute atomic E-state index is 0.0856. The number of thioether (sulfide) groups is 1. The smallest absolute Gasteiger partial charge is 0.326 e. The van der Waals surface area contributed by atoms with Gasteiger partial charge in [0.05, 0.1) is 6.54 Å². The minimum Gasteiger partial charge on any atom is -0.480 e. The zero-order chi connectivity index (χ0) is 23.3. The number of nitrogens with two attached hydrogens (primary N) is 2. The van der Waals surface area contributed by atoms with Crippen LogP contribution in [-0.2, 0) is 24.0 Å². The van der Waals surface area contributed by atoms with E-state index in [-0.39, 0.29) is 31.7 Å². The predicted octanol–water partition coefficient (Wildman–Crippen LogP) is -1.45. The third kappa shape index (κ3) is 11.6. The molecule has 4 amide bonds. The van der Waals surface area contributed by atoms with Crippen LogP contribution >= 0.6 is 11.8 Å². The van der Waals surface area contributed by atoms with Crippen LogP contribution in [0.15, 0.2) is 0 Å². The molecule has 0 aromatic rings. The second kappa shape index (κ2) is 14.6. The maximum absolute atomic E-state index is 12.7. The Morgan fingerprint density at radius 2 is 1.50 bits per heavy atom. The first-order valence-electron chi connectivity index (χ1n) is 9.61. The molecule has 0 aliphatic heterocycles. The van der Waals surface area contributed by atoms with E-state index in [0.717, 1.165) is 0 Å². The molecule has 0 aromatic carbocycles. The summed E-state index contributed by atoms with van der Waals surface area (Å²) >= 11 is 1.45. The van der Waals surface area contributed by atoms with E-state index in [1.165, 1.54) is 11.8 Å². The zero-order valence-electron chi connectivity index (χ0n) is 17.6. The molecule has 0 heterocycles. The van der Waals surface area contributed by atoms with Gasteiger partial charge in [-0.2, -0.15) is 11.8 Å². The Morgan fingerprint density at radius 3 is 1.97 bits per heavy atom. The molecule has 0 rings (SSSR count). The van der Waals surface area contributed by atoms with Gasteiger partial charge in [-0.25, -0.2) is 4.79 Å². The summed E-state index contributed by atoms with van der Waals surface area (Å²) in [5.74, 6) is -3.14. The van der Waals surface area contributed by atoms with Gasteiger partial charge in [0.1, 0.15) is 18.1 Å². The largest absolute Gasteiger partial charge is 0.480 e. The van der Waals surface area contributed by atoms with Gasteiger partial charge >= 0.3 is 5.97 Å². The molecular formula is C18H33N5O6S. The molecule has 0 fully saturated rings. The Labute approximate surface area is 180 Å². The average Bonchev–Trinajstić information content (AvgIpc) is 2.66. The summed E-state index contributed by atoms with van der Waals surface area (Å²) in [5, 5.41) is 16.7. The van der Waals surface area contributed by atoms with Crippen molar-refractivity contribution in [3.05, 3.63) is 0 Å². The summed E-state index contributed by atoms with van der Waals surface area (Å²) in [7, 11) is 0. The summed E-state index contributed by atoms with van der Waals surface area (Å²) in [6.07, 6.45) is 2.04. The number of amides is 4. The van der Waals surface area contributed by atoms with Gasteiger partial charge in [0, 0.05) is 6.42 Å². The maximum Gasteiger partial charge on any atom is 0.326 e. The lowest BCUT2D eigenvalue weighted by Gasteiger charge is -2.25. The first-order valence-corrected chi connectivity index (χ1v) is 11.0. The van der Waals surface area contributed by atoms with Crippen molar-refractivity contribution in [3.8, 4) is 0 Å². The predicted molar refractivity (Wildman–Crippen MR) is 113 cm³/mol. The van der Waals surface area contributed by atoms with E-state index in [2.05, 4.69) is 16.0 Å². The van der Waals surface area contributed by atoms with Crippen molar-refractivity contribution in [2.24, 2.45) is 17.4 Å². The summed E-state index contributed by atoms with van der Waals surface area (Å²) < 4.78 is 0. The van der Waals surface area contributed by atoms with Gasteiger partial charge in [-0.15, -0.1) is 0 Å². The van der Waals surface area contributed by atoms with Crippen molar-refractivity contribution in [1.29, 1.82) is 0 Å². The number of carbonyl (C=O) groups excluding carboxylic acids is 4. The van der Waals surface area contributed by atoms with E-state index >= 15 is 0 Å². The molecule has 3 unspecified atom stereocenters. The topological polar surface area (TPSA) is 194 Å². The van der Waals surface area contributed by atoms with E-state index < -0.39 is 47.7 Å². The average molecular weight is 448 g/mol. The van der Waals surface area contributed by atoms with Gasteiger partial charge in [-0.3, -0.25) is 19.2 Å². The number of primary amides is 1. The van der Waals surface area contributed by atoms with Crippen LogP contribution in [0, 0.1) is 5.92 Å². The SMILES string of the molecule is CSCCC(NC(=O)C(CC(C)C)NC(=O)CN)C(=O)NC(CCC(N)=O)C(=O)O. The first-order chi connectivity index (χ1) is 14.0. The summed E-state index contributed by atoms with van der Waals surface area (Å²) in [5.41, 5.74) is 10.3. The van der Waals surface area contributed by atoms with E-state index in [1.54, 1.807) is 0 Å². The number of aliphatic carboxylic acids is 1. The molecule has 8 N–H and O–H groups in total. The van der Waals surface area contributed by atoms with Gasteiger partial charge in [0.25, 0.3) is 0 Å². The highest BCUT2D eigenvalue weighted by Crippen LogP contribution is 2.08. The normalized spacial score (nSPS) is 13.8. The molecular weight excluding hydrogens is 414 g/mol. The molecule has 0 radical (unpaired) electrons. The van der Waals surface area contributed by atoms with Crippen molar-refractivity contribution < 1.29 is 29.1 Å². The number of nitrogens with one attached hydrogen (secondary N) is 3. The van der Waals surface area contributed by atoms with Crippen molar-refractivity contribution in [2.45, 2.75) is 57.7 Å². The fourth-order valence-corrected chi connectivity index (χ4v) is 3.02. The summed E-state index contributed by atoms with van der Waals surface area (Å²) in [6.45, 7) is 3.48. The number of carboxylic acid groups (broad SMARTS) is 1. The monoisotopic (exact) mass is 447 g/mol. The van der Waals surface area contributed by atoms with Gasteiger partial charge in [-0.05, 0) is 37.2 Å². The molecule has 30 heavy (non-hydrogen) atoms. The minimum atomic E-state index is -1.32. The lowest BCUT2D eigenvalue weighted by atomic mass is 10.0.